The Morgan fingerprint density at radius 2 is 1.52 bits per heavy atom. The molecule has 0 bridgehead atoms. The zero-order valence-electron chi connectivity index (χ0n) is 13.0. The summed E-state index contributed by atoms with van der Waals surface area (Å²) in [4.78, 5) is 0.867. The number of hydrogen-bond acceptors (Lipinski definition) is 3. The van der Waals surface area contributed by atoms with Crippen LogP contribution in [0.3, 0.4) is 0 Å². The molecule has 2 aromatic carbocycles. The molecule has 0 N–H and O–H groups in total. The monoisotopic (exact) mass is 387 g/mol. The van der Waals surface area contributed by atoms with Crippen LogP contribution in [-0.2, 0) is 0 Å². The molecule has 0 aliphatic heterocycles. The Kier molecular flexibility index (Phi) is 6.07. The van der Waals surface area contributed by atoms with Crippen LogP contribution in [0.1, 0.15) is 13.8 Å². The molecule has 23 heavy (non-hydrogen) atoms. The van der Waals surface area contributed by atoms with Crippen LogP contribution in [0, 0.1) is 0 Å². The van der Waals surface area contributed by atoms with Crippen molar-refractivity contribution < 1.29 is 0 Å². The molecule has 1 heterocycles. The minimum absolute atomic E-state index is 0. The van der Waals surface area contributed by atoms with Crippen LogP contribution in [0.15, 0.2) is 76.2 Å². The second kappa shape index (κ2) is 8.04. The van der Waals surface area contributed by atoms with Gasteiger partial charge in [-0.3, -0.25) is 4.57 Å². The molecule has 5 heteroatoms. The van der Waals surface area contributed by atoms with Crippen molar-refractivity contribution in [3.05, 3.63) is 70.8 Å². The first kappa shape index (κ1) is 17.4. The fourth-order valence-corrected chi connectivity index (χ4v) is 3.02. The van der Waals surface area contributed by atoms with Crippen LogP contribution in [0.4, 0.5) is 0 Å². The standard InChI is InChI=1S/C18H17N3S.BrH/c1-14(2)19-20-18-21(16-11-7-4-8-12-16)17(13-22-18)15-9-5-3-6-10-15;/h3-13H,1-2H3;1H/b20-18-;. The molecule has 3 nitrogen and oxygen atoms in total. The Labute approximate surface area is 150 Å². The van der Waals surface area contributed by atoms with Gasteiger partial charge in [-0.25, -0.2) is 0 Å². The fourth-order valence-electron chi connectivity index (χ4n) is 2.16. The molecular formula is C18H18BrN3S. The van der Waals surface area contributed by atoms with Crippen molar-refractivity contribution >= 4 is 34.0 Å². The summed E-state index contributed by atoms with van der Waals surface area (Å²) in [5, 5.41) is 10.7. The molecule has 0 unspecified atom stereocenters. The number of para-hydroxylation sites is 1. The van der Waals surface area contributed by atoms with Crippen LogP contribution >= 0.6 is 28.3 Å². The summed E-state index contributed by atoms with van der Waals surface area (Å²) in [5.74, 6) is 0. The second-order valence-corrected chi connectivity index (χ2v) is 5.92. The lowest BCUT2D eigenvalue weighted by Gasteiger charge is -2.08. The fraction of sp³-hybridized carbons (Fsp3) is 0.111. The Hall–Kier alpha value is -1.98. The van der Waals surface area contributed by atoms with Crippen LogP contribution in [0.2, 0.25) is 0 Å². The Bertz CT molecular complexity index is 845. The molecule has 3 rings (SSSR count). The zero-order chi connectivity index (χ0) is 15.4. The molecule has 0 aliphatic rings. The van der Waals surface area contributed by atoms with E-state index in [-0.39, 0.29) is 17.0 Å². The largest absolute Gasteiger partial charge is 0.284 e. The third-order valence-corrected chi connectivity index (χ3v) is 3.94. The van der Waals surface area contributed by atoms with Gasteiger partial charge in [-0.1, -0.05) is 48.5 Å². The molecule has 0 aliphatic carbocycles. The third kappa shape index (κ3) is 4.06. The predicted molar refractivity (Wildman–Crippen MR) is 104 cm³/mol. The van der Waals surface area contributed by atoms with Crippen LogP contribution in [0.25, 0.3) is 16.9 Å². The molecule has 0 spiro atoms. The Morgan fingerprint density at radius 1 is 0.913 bits per heavy atom. The van der Waals surface area contributed by atoms with E-state index in [0.717, 1.165) is 21.9 Å². The lowest BCUT2D eigenvalue weighted by Crippen LogP contribution is -2.13. The van der Waals surface area contributed by atoms with E-state index < -0.39 is 0 Å². The maximum absolute atomic E-state index is 4.40. The zero-order valence-corrected chi connectivity index (χ0v) is 15.5. The predicted octanol–water partition coefficient (Wildman–Crippen LogP) is 5.08. The van der Waals surface area contributed by atoms with Crippen LogP contribution in [0.5, 0.6) is 0 Å². The Balaban J connectivity index is 0.00000192. The van der Waals surface area contributed by atoms with Gasteiger partial charge >= 0.3 is 0 Å². The van der Waals surface area contributed by atoms with E-state index in [1.54, 1.807) is 11.3 Å². The van der Waals surface area contributed by atoms with Gasteiger partial charge in [0, 0.05) is 16.8 Å². The highest BCUT2D eigenvalue weighted by Crippen LogP contribution is 2.23. The summed E-state index contributed by atoms with van der Waals surface area (Å²) < 4.78 is 2.15. The number of halogens is 1. The van der Waals surface area contributed by atoms with Gasteiger partial charge in [0.25, 0.3) is 0 Å². The number of thiazole rings is 1. The van der Waals surface area contributed by atoms with Crippen molar-refractivity contribution in [2.75, 3.05) is 0 Å². The molecule has 0 saturated heterocycles. The summed E-state index contributed by atoms with van der Waals surface area (Å²) >= 11 is 1.60. The maximum Gasteiger partial charge on any atom is 0.215 e. The highest BCUT2D eigenvalue weighted by molar-refractivity contribution is 8.93. The third-order valence-electron chi connectivity index (χ3n) is 3.13. The number of rotatable bonds is 3. The number of aromatic nitrogens is 1. The van der Waals surface area contributed by atoms with E-state index in [1.807, 2.05) is 50.2 Å². The molecule has 0 radical (unpaired) electrons. The highest BCUT2D eigenvalue weighted by atomic mass is 79.9. The van der Waals surface area contributed by atoms with Gasteiger partial charge in [-0.15, -0.1) is 33.4 Å². The maximum atomic E-state index is 4.40. The number of nitrogens with zero attached hydrogens (tertiary/aromatic N) is 3. The normalized spacial score (nSPS) is 11.0. The van der Waals surface area contributed by atoms with E-state index in [1.165, 1.54) is 5.56 Å². The molecular weight excluding hydrogens is 370 g/mol. The van der Waals surface area contributed by atoms with Crippen molar-refractivity contribution in [2.45, 2.75) is 13.8 Å². The lowest BCUT2D eigenvalue weighted by molar-refractivity contribution is 0.969. The minimum Gasteiger partial charge on any atom is -0.284 e. The average Bonchev–Trinajstić information content (AvgIpc) is 2.98. The first-order chi connectivity index (χ1) is 10.8. The Morgan fingerprint density at radius 3 is 2.13 bits per heavy atom. The van der Waals surface area contributed by atoms with E-state index in [4.69, 9.17) is 0 Å². The van der Waals surface area contributed by atoms with Gasteiger partial charge in [0.05, 0.1) is 5.69 Å². The van der Waals surface area contributed by atoms with E-state index in [0.29, 0.717) is 0 Å². The molecule has 1 aromatic heterocycles. The van der Waals surface area contributed by atoms with Gasteiger partial charge in [-0.05, 0) is 31.5 Å². The summed E-state index contributed by atoms with van der Waals surface area (Å²) in [6.07, 6.45) is 0. The molecule has 0 amide bonds. The van der Waals surface area contributed by atoms with Gasteiger partial charge < -0.3 is 0 Å². The van der Waals surface area contributed by atoms with Crippen molar-refractivity contribution in [1.29, 1.82) is 0 Å². The first-order valence-electron chi connectivity index (χ1n) is 7.12. The van der Waals surface area contributed by atoms with Gasteiger partial charge in [0.15, 0.2) is 0 Å². The SMILES string of the molecule is Br.CC(C)=N/N=c1\scc(-c2ccccc2)n1-c1ccccc1. The molecule has 118 valence electrons. The van der Waals surface area contributed by atoms with Gasteiger partial charge in [0.2, 0.25) is 4.80 Å². The van der Waals surface area contributed by atoms with Gasteiger partial charge in [0.1, 0.15) is 0 Å². The topological polar surface area (TPSA) is 29.6 Å². The first-order valence-corrected chi connectivity index (χ1v) is 8.00. The van der Waals surface area contributed by atoms with E-state index in [2.05, 4.69) is 44.4 Å². The minimum atomic E-state index is 0. The molecule has 0 atom stereocenters. The van der Waals surface area contributed by atoms with E-state index >= 15 is 0 Å². The van der Waals surface area contributed by atoms with Crippen molar-refractivity contribution in [2.24, 2.45) is 10.2 Å². The van der Waals surface area contributed by atoms with Crippen molar-refractivity contribution in [1.82, 2.24) is 4.57 Å². The van der Waals surface area contributed by atoms with E-state index in [9.17, 15) is 0 Å². The van der Waals surface area contributed by atoms with Crippen molar-refractivity contribution in [3.63, 3.8) is 0 Å². The quantitative estimate of drug-likeness (QED) is 0.443. The molecule has 0 saturated carbocycles. The number of hydrogen-bond donors (Lipinski definition) is 0. The van der Waals surface area contributed by atoms with Gasteiger partial charge in [-0.2, -0.15) is 5.10 Å². The van der Waals surface area contributed by atoms with Crippen LogP contribution < -0.4 is 4.80 Å². The highest BCUT2D eigenvalue weighted by Gasteiger charge is 2.09. The second-order valence-electron chi connectivity index (χ2n) is 5.09. The molecule has 0 fully saturated rings. The summed E-state index contributed by atoms with van der Waals surface area (Å²) in [5.41, 5.74) is 4.32. The summed E-state index contributed by atoms with van der Waals surface area (Å²) in [6, 6.07) is 20.6. The molecule has 3 aromatic rings. The smallest absolute Gasteiger partial charge is 0.215 e. The van der Waals surface area contributed by atoms with Crippen LogP contribution in [-0.4, -0.2) is 10.3 Å². The van der Waals surface area contributed by atoms with Crippen molar-refractivity contribution in [3.8, 4) is 16.9 Å². The average molecular weight is 388 g/mol. The number of benzene rings is 2. The lowest BCUT2D eigenvalue weighted by atomic mass is 10.1. The summed E-state index contributed by atoms with van der Waals surface area (Å²) in [7, 11) is 0. The summed E-state index contributed by atoms with van der Waals surface area (Å²) in [6.45, 7) is 3.89.